The maximum Gasteiger partial charge on any atom is 0.352 e. The highest BCUT2D eigenvalue weighted by molar-refractivity contribution is 7.89. The van der Waals surface area contributed by atoms with Gasteiger partial charge in [0.15, 0.2) is 0 Å². The van der Waals surface area contributed by atoms with Crippen LogP contribution in [0.15, 0.2) is 17.2 Å². The molecule has 110 valence electrons. The Balaban J connectivity index is 2.43. The van der Waals surface area contributed by atoms with Crippen LogP contribution >= 0.6 is 0 Å². The highest BCUT2D eigenvalue weighted by atomic mass is 32.2. The summed E-state index contributed by atoms with van der Waals surface area (Å²) in [6.45, 7) is 0.122. The van der Waals surface area contributed by atoms with Gasteiger partial charge >= 0.3 is 11.9 Å². The van der Waals surface area contributed by atoms with E-state index < -0.39 is 28.0 Å². The van der Waals surface area contributed by atoms with Gasteiger partial charge in [-0.05, 0) is 18.9 Å². The van der Waals surface area contributed by atoms with Gasteiger partial charge in [0.2, 0.25) is 10.0 Å². The number of aromatic nitrogens is 1. The smallest absolute Gasteiger partial charge is 0.352 e. The second kappa shape index (κ2) is 4.91. The van der Waals surface area contributed by atoms with Gasteiger partial charge in [-0.15, -0.1) is 0 Å². The van der Waals surface area contributed by atoms with Crippen molar-refractivity contribution in [3.05, 3.63) is 18.0 Å². The maximum atomic E-state index is 12.4. The van der Waals surface area contributed by atoms with Crippen LogP contribution in [-0.2, 0) is 21.9 Å². The number of aliphatic carboxylic acids is 1. The number of aromatic carboxylic acids is 1. The molecule has 9 heteroatoms. The molecule has 0 amide bonds. The second-order valence-corrected chi connectivity index (χ2v) is 6.48. The van der Waals surface area contributed by atoms with Gasteiger partial charge in [-0.2, -0.15) is 4.31 Å². The molecule has 0 aliphatic carbocycles. The summed E-state index contributed by atoms with van der Waals surface area (Å²) >= 11 is 0. The predicted molar refractivity (Wildman–Crippen MR) is 66.9 cm³/mol. The molecule has 0 bridgehead atoms. The molecule has 1 aromatic heterocycles. The van der Waals surface area contributed by atoms with Crippen molar-refractivity contribution in [1.82, 2.24) is 8.87 Å². The first-order valence-corrected chi connectivity index (χ1v) is 7.33. The standard InChI is InChI=1S/C11H14N2O6S/c1-12-6-7(5-9(12)11(16)17)20(18,19)13-4-2-3-8(13)10(14)15/h5-6,8H,2-4H2,1H3,(H,14,15)(H,16,17). The van der Waals surface area contributed by atoms with Crippen molar-refractivity contribution in [1.29, 1.82) is 0 Å². The number of hydrogen-bond donors (Lipinski definition) is 2. The third-order valence-electron chi connectivity index (χ3n) is 3.29. The topological polar surface area (TPSA) is 117 Å². The third kappa shape index (κ3) is 2.29. The Morgan fingerprint density at radius 1 is 1.35 bits per heavy atom. The molecule has 0 aromatic carbocycles. The monoisotopic (exact) mass is 302 g/mol. The summed E-state index contributed by atoms with van der Waals surface area (Å²) < 4.78 is 26.9. The van der Waals surface area contributed by atoms with Gasteiger partial charge in [0.1, 0.15) is 16.6 Å². The minimum atomic E-state index is -4.00. The van der Waals surface area contributed by atoms with Crippen LogP contribution in [0.25, 0.3) is 0 Å². The third-order valence-corrected chi connectivity index (χ3v) is 5.17. The lowest BCUT2D eigenvalue weighted by Crippen LogP contribution is -2.40. The van der Waals surface area contributed by atoms with Crippen molar-refractivity contribution >= 4 is 22.0 Å². The molecule has 1 unspecified atom stereocenters. The summed E-state index contributed by atoms with van der Waals surface area (Å²) in [6, 6.07) is -0.0528. The molecule has 1 aromatic rings. The van der Waals surface area contributed by atoms with E-state index in [0.717, 1.165) is 10.4 Å². The average Bonchev–Trinajstić information content (AvgIpc) is 2.94. The minimum Gasteiger partial charge on any atom is -0.480 e. The SMILES string of the molecule is Cn1cc(S(=O)(=O)N2CCCC2C(=O)O)cc1C(=O)O. The molecular weight excluding hydrogens is 288 g/mol. The van der Waals surface area contributed by atoms with Crippen LogP contribution in [0.5, 0.6) is 0 Å². The zero-order chi connectivity index (χ0) is 15.1. The van der Waals surface area contributed by atoms with E-state index in [0.29, 0.717) is 6.42 Å². The summed E-state index contributed by atoms with van der Waals surface area (Å²) in [4.78, 5) is 21.8. The van der Waals surface area contributed by atoms with Gasteiger partial charge in [0.25, 0.3) is 0 Å². The van der Waals surface area contributed by atoms with Crippen molar-refractivity contribution < 1.29 is 28.2 Å². The molecule has 1 fully saturated rings. The van der Waals surface area contributed by atoms with Gasteiger partial charge in [-0.25, -0.2) is 13.2 Å². The molecular formula is C11H14N2O6S. The van der Waals surface area contributed by atoms with E-state index in [1.54, 1.807) is 0 Å². The van der Waals surface area contributed by atoms with E-state index in [4.69, 9.17) is 10.2 Å². The van der Waals surface area contributed by atoms with E-state index in [1.165, 1.54) is 17.8 Å². The van der Waals surface area contributed by atoms with Crippen LogP contribution in [0.3, 0.4) is 0 Å². The van der Waals surface area contributed by atoms with Crippen LogP contribution < -0.4 is 0 Å². The fourth-order valence-electron chi connectivity index (χ4n) is 2.30. The Bertz CT molecular complexity index is 662. The van der Waals surface area contributed by atoms with E-state index >= 15 is 0 Å². The Labute approximate surface area is 115 Å². The number of aryl methyl sites for hydroxylation is 1. The molecule has 8 nitrogen and oxygen atoms in total. The normalized spacial score (nSPS) is 20.1. The number of rotatable bonds is 4. The second-order valence-electron chi connectivity index (χ2n) is 4.59. The lowest BCUT2D eigenvalue weighted by molar-refractivity contribution is -0.140. The first-order valence-electron chi connectivity index (χ1n) is 5.89. The molecule has 2 rings (SSSR count). The number of carbonyl (C=O) groups is 2. The molecule has 1 aliphatic rings. The Morgan fingerprint density at radius 3 is 2.50 bits per heavy atom. The van der Waals surface area contributed by atoms with Crippen LogP contribution in [0.4, 0.5) is 0 Å². The first kappa shape index (κ1) is 14.5. The fraction of sp³-hybridized carbons (Fsp3) is 0.455. The maximum absolute atomic E-state index is 12.4. The Hall–Kier alpha value is -1.87. The molecule has 1 saturated heterocycles. The van der Waals surface area contributed by atoms with Crippen molar-refractivity contribution in [2.75, 3.05) is 6.54 Å². The summed E-state index contributed by atoms with van der Waals surface area (Å²) in [6.07, 6.45) is 1.90. The zero-order valence-corrected chi connectivity index (χ0v) is 11.5. The lowest BCUT2D eigenvalue weighted by Gasteiger charge is -2.19. The number of nitrogens with zero attached hydrogens (tertiary/aromatic N) is 2. The van der Waals surface area contributed by atoms with Crippen LogP contribution in [0.2, 0.25) is 0 Å². The minimum absolute atomic E-state index is 0.122. The zero-order valence-electron chi connectivity index (χ0n) is 10.7. The highest BCUT2D eigenvalue weighted by Crippen LogP contribution is 2.27. The summed E-state index contributed by atoms with van der Waals surface area (Å²) in [5, 5.41) is 18.0. The first-order chi connectivity index (χ1) is 9.25. The molecule has 1 aliphatic heterocycles. The number of hydrogen-bond acceptors (Lipinski definition) is 4. The van der Waals surface area contributed by atoms with E-state index in [-0.39, 0.29) is 23.6 Å². The molecule has 2 N–H and O–H groups in total. The largest absolute Gasteiger partial charge is 0.480 e. The molecule has 2 heterocycles. The van der Waals surface area contributed by atoms with Gasteiger partial charge < -0.3 is 14.8 Å². The predicted octanol–water partition coefficient (Wildman–Crippen LogP) is -0.0390. The van der Waals surface area contributed by atoms with Crippen molar-refractivity contribution in [3.8, 4) is 0 Å². The summed E-state index contributed by atoms with van der Waals surface area (Å²) in [5.41, 5.74) is -0.172. The van der Waals surface area contributed by atoms with E-state index in [9.17, 15) is 18.0 Å². The number of carboxylic acids is 2. The Morgan fingerprint density at radius 2 is 2.00 bits per heavy atom. The van der Waals surface area contributed by atoms with Gasteiger partial charge in [-0.3, -0.25) is 4.79 Å². The van der Waals surface area contributed by atoms with Crippen molar-refractivity contribution in [2.45, 2.75) is 23.8 Å². The highest BCUT2D eigenvalue weighted by Gasteiger charge is 2.40. The molecule has 0 saturated carbocycles. The van der Waals surface area contributed by atoms with Crippen LogP contribution in [0, 0.1) is 0 Å². The lowest BCUT2D eigenvalue weighted by atomic mass is 10.2. The van der Waals surface area contributed by atoms with E-state index in [2.05, 4.69) is 0 Å². The molecule has 0 radical (unpaired) electrons. The van der Waals surface area contributed by atoms with Gasteiger partial charge in [-0.1, -0.05) is 0 Å². The summed E-state index contributed by atoms with van der Waals surface area (Å²) in [5.74, 6) is -2.44. The van der Waals surface area contributed by atoms with Crippen LogP contribution in [-0.4, -0.2) is 52.0 Å². The molecule has 1 atom stereocenters. The number of sulfonamides is 1. The number of carboxylic acid groups (broad SMARTS) is 2. The van der Waals surface area contributed by atoms with Gasteiger partial charge in [0.05, 0.1) is 0 Å². The Kier molecular flexibility index (Phi) is 3.57. The van der Waals surface area contributed by atoms with Crippen molar-refractivity contribution in [2.24, 2.45) is 7.05 Å². The average molecular weight is 302 g/mol. The van der Waals surface area contributed by atoms with E-state index in [1.807, 2.05) is 0 Å². The van der Waals surface area contributed by atoms with Gasteiger partial charge in [0, 0.05) is 19.8 Å². The fourth-order valence-corrected chi connectivity index (χ4v) is 4.02. The van der Waals surface area contributed by atoms with Crippen LogP contribution in [0.1, 0.15) is 23.3 Å². The molecule has 0 spiro atoms. The van der Waals surface area contributed by atoms with Crippen molar-refractivity contribution in [3.63, 3.8) is 0 Å². The molecule has 20 heavy (non-hydrogen) atoms. The summed E-state index contributed by atoms with van der Waals surface area (Å²) in [7, 11) is -2.58. The quantitative estimate of drug-likeness (QED) is 0.806.